The van der Waals surface area contributed by atoms with Crippen LogP contribution in [0.5, 0.6) is 0 Å². The molecule has 0 bridgehead atoms. The zero-order chi connectivity index (χ0) is 10.1. The third-order valence-corrected chi connectivity index (χ3v) is 3.13. The SMILES string of the molecule is [HH].c1ccc2c(C3CCNCC3)noc2c1. The van der Waals surface area contributed by atoms with Crippen molar-refractivity contribution in [3.8, 4) is 0 Å². The number of benzene rings is 1. The monoisotopic (exact) mass is 204 g/mol. The fourth-order valence-electron chi connectivity index (χ4n) is 2.30. The molecule has 1 N–H and O–H groups in total. The van der Waals surface area contributed by atoms with Crippen molar-refractivity contribution < 1.29 is 5.95 Å². The summed E-state index contributed by atoms with van der Waals surface area (Å²) in [5, 5.41) is 8.77. The number of nitrogens with one attached hydrogen (secondary N) is 1. The summed E-state index contributed by atoms with van der Waals surface area (Å²) in [4.78, 5) is 0. The Morgan fingerprint density at radius 2 is 2.07 bits per heavy atom. The van der Waals surface area contributed by atoms with E-state index in [1.54, 1.807) is 0 Å². The summed E-state index contributed by atoms with van der Waals surface area (Å²) in [5.41, 5.74) is 2.05. The standard InChI is InChI=1S/C12H14N2O.H2/c1-2-4-11-10(3-1)12(14-15-11)9-5-7-13-8-6-9;/h1-4,9,13H,5-8H2;1H. The Hall–Kier alpha value is -1.35. The van der Waals surface area contributed by atoms with E-state index in [1.807, 2.05) is 18.2 Å². The number of rotatable bonds is 1. The summed E-state index contributed by atoms with van der Waals surface area (Å²) in [6.07, 6.45) is 2.33. The summed E-state index contributed by atoms with van der Waals surface area (Å²) in [7, 11) is 0. The normalized spacial score (nSPS) is 18.4. The highest BCUT2D eigenvalue weighted by molar-refractivity contribution is 5.79. The smallest absolute Gasteiger partial charge is 0.167 e. The third kappa shape index (κ3) is 1.53. The molecule has 1 aromatic carbocycles. The Bertz CT molecular complexity index is 463. The van der Waals surface area contributed by atoms with Crippen molar-refractivity contribution >= 4 is 11.0 Å². The van der Waals surface area contributed by atoms with Crippen molar-refractivity contribution in [1.29, 1.82) is 0 Å². The lowest BCUT2D eigenvalue weighted by molar-refractivity contribution is 0.404. The lowest BCUT2D eigenvalue weighted by Gasteiger charge is -2.20. The summed E-state index contributed by atoms with van der Waals surface area (Å²) < 4.78 is 5.33. The van der Waals surface area contributed by atoms with Crippen molar-refractivity contribution in [3.63, 3.8) is 0 Å². The Kier molecular flexibility index (Phi) is 2.18. The van der Waals surface area contributed by atoms with Crippen LogP contribution in [-0.4, -0.2) is 18.2 Å². The van der Waals surface area contributed by atoms with Gasteiger partial charge in [-0.2, -0.15) is 0 Å². The van der Waals surface area contributed by atoms with Crippen LogP contribution in [0.2, 0.25) is 0 Å². The molecule has 2 heterocycles. The summed E-state index contributed by atoms with van der Waals surface area (Å²) in [6, 6.07) is 8.11. The molecule has 80 valence electrons. The molecule has 1 aromatic heterocycles. The molecule has 0 saturated carbocycles. The number of aromatic nitrogens is 1. The molecule has 15 heavy (non-hydrogen) atoms. The van der Waals surface area contributed by atoms with Gasteiger partial charge in [0.05, 0.1) is 5.69 Å². The molecule has 0 aliphatic carbocycles. The van der Waals surface area contributed by atoms with Crippen molar-refractivity contribution in [1.82, 2.24) is 10.5 Å². The average molecular weight is 204 g/mol. The van der Waals surface area contributed by atoms with E-state index in [2.05, 4.69) is 16.5 Å². The predicted molar refractivity (Wildman–Crippen MR) is 61.0 cm³/mol. The highest BCUT2D eigenvalue weighted by atomic mass is 16.5. The second kappa shape index (κ2) is 3.66. The van der Waals surface area contributed by atoms with Gasteiger partial charge < -0.3 is 9.84 Å². The van der Waals surface area contributed by atoms with Gasteiger partial charge in [0.25, 0.3) is 0 Å². The van der Waals surface area contributed by atoms with Crippen LogP contribution in [0.1, 0.15) is 25.9 Å². The van der Waals surface area contributed by atoms with Gasteiger partial charge in [-0.1, -0.05) is 17.3 Å². The molecule has 0 unspecified atom stereocenters. The van der Waals surface area contributed by atoms with Crippen molar-refractivity contribution in [2.75, 3.05) is 13.1 Å². The van der Waals surface area contributed by atoms with Crippen LogP contribution in [0, 0.1) is 0 Å². The van der Waals surface area contributed by atoms with E-state index >= 15 is 0 Å². The van der Waals surface area contributed by atoms with E-state index in [0.717, 1.165) is 37.2 Å². The number of piperidine rings is 1. The first-order valence-electron chi connectivity index (χ1n) is 5.50. The van der Waals surface area contributed by atoms with E-state index in [-0.39, 0.29) is 1.43 Å². The molecule has 0 spiro atoms. The first kappa shape index (κ1) is 8.92. The largest absolute Gasteiger partial charge is 0.356 e. The topological polar surface area (TPSA) is 38.1 Å². The van der Waals surface area contributed by atoms with E-state index in [1.165, 1.54) is 5.39 Å². The first-order valence-corrected chi connectivity index (χ1v) is 5.50. The summed E-state index contributed by atoms with van der Waals surface area (Å²) in [6.45, 7) is 2.18. The predicted octanol–water partition coefficient (Wildman–Crippen LogP) is 2.54. The van der Waals surface area contributed by atoms with E-state index in [0.29, 0.717) is 5.92 Å². The average Bonchev–Trinajstić information content (AvgIpc) is 2.74. The van der Waals surface area contributed by atoms with Gasteiger partial charge in [-0.15, -0.1) is 0 Å². The second-order valence-electron chi connectivity index (χ2n) is 4.09. The molecule has 3 nitrogen and oxygen atoms in total. The van der Waals surface area contributed by atoms with Gasteiger partial charge in [-0.25, -0.2) is 0 Å². The van der Waals surface area contributed by atoms with E-state index in [4.69, 9.17) is 4.52 Å². The van der Waals surface area contributed by atoms with Gasteiger partial charge in [-0.3, -0.25) is 0 Å². The quantitative estimate of drug-likeness (QED) is 0.775. The van der Waals surface area contributed by atoms with Gasteiger partial charge in [0.2, 0.25) is 0 Å². The maximum absolute atomic E-state index is 5.33. The van der Waals surface area contributed by atoms with Crippen molar-refractivity contribution in [2.45, 2.75) is 18.8 Å². The van der Waals surface area contributed by atoms with Crippen LogP contribution in [0.15, 0.2) is 28.8 Å². The molecule has 1 aliphatic heterocycles. The third-order valence-electron chi connectivity index (χ3n) is 3.13. The molecule has 0 amide bonds. The lowest BCUT2D eigenvalue weighted by atomic mass is 9.93. The van der Waals surface area contributed by atoms with Gasteiger partial charge in [0.1, 0.15) is 0 Å². The molecule has 0 radical (unpaired) electrons. The van der Waals surface area contributed by atoms with Crippen LogP contribution >= 0.6 is 0 Å². The van der Waals surface area contributed by atoms with Crippen LogP contribution in [0.25, 0.3) is 11.0 Å². The highest BCUT2D eigenvalue weighted by Crippen LogP contribution is 2.30. The molecule has 1 aliphatic rings. The lowest BCUT2D eigenvalue weighted by Crippen LogP contribution is -2.26. The molecule has 3 heteroatoms. The zero-order valence-electron chi connectivity index (χ0n) is 8.57. The maximum atomic E-state index is 5.33. The Balaban J connectivity index is 0.000000963. The molecule has 0 atom stereocenters. The van der Waals surface area contributed by atoms with Crippen molar-refractivity contribution in [3.05, 3.63) is 30.0 Å². The molecular weight excluding hydrogens is 188 g/mol. The second-order valence-corrected chi connectivity index (χ2v) is 4.09. The Labute approximate surface area is 89.9 Å². The van der Waals surface area contributed by atoms with Gasteiger partial charge >= 0.3 is 0 Å². The minimum Gasteiger partial charge on any atom is -0.356 e. The minimum absolute atomic E-state index is 0. The molecule has 1 saturated heterocycles. The fourth-order valence-corrected chi connectivity index (χ4v) is 2.30. The van der Waals surface area contributed by atoms with Gasteiger partial charge in [0, 0.05) is 12.7 Å². The number of hydrogen-bond acceptors (Lipinski definition) is 3. The molecule has 1 fully saturated rings. The van der Waals surface area contributed by atoms with Crippen LogP contribution in [-0.2, 0) is 0 Å². The number of fused-ring (bicyclic) bond motifs is 1. The van der Waals surface area contributed by atoms with Crippen LogP contribution < -0.4 is 5.32 Å². The number of hydrogen-bond donors (Lipinski definition) is 1. The summed E-state index contributed by atoms with van der Waals surface area (Å²) in [5.74, 6) is 0.565. The molecule has 3 rings (SSSR count). The van der Waals surface area contributed by atoms with Crippen LogP contribution in [0.4, 0.5) is 0 Å². The van der Waals surface area contributed by atoms with Gasteiger partial charge in [-0.05, 0) is 38.1 Å². The van der Waals surface area contributed by atoms with Crippen LogP contribution in [0.3, 0.4) is 0 Å². The summed E-state index contributed by atoms with van der Waals surface area (Å²) >= 11 is 0. The van der Waals surface area contributed by atoms with E-state index in [9.17, 15) is 0 Å². The highest BCUT2D eigenvalue weighted by Gasteiger charge is 2.20. The fraction of sp³-hybridized carbons (Fsp3) is 0.417. The Morgan fingerprint density at radius 3 is 2.93 bits per heavy atom. The number of para-hydroxylation sites is 1. The molecular formula is C12H16N2O. The van der Waals surface area contributed by atoms with Gasteiger partial charge in [0.15, 0.2) is 5.58 Å². The first-order chi connectivity index (χ1) is 7.45. The zero-order valence-corrected chi connectivity index (χ0v) is 8.57. The van der Waals surface area contributed by atoms with E-state index < -0.39 is 0 Å². The Morgan fingerprint density at radius 1 is 1.27 bits per heavy atom. The number of nitrogens with zero attached hydrogens (tertiary/aromatic N) is 1. The minimum atomic E-state index is 0. The molecule has 2 aromatic rings. The van der Waals surface area contributed by atoms with Crippen molar-refractivity contribution in [2.24, 2.45) is 0 Å². The maximum Gasteiger partial charge on any atom is 0.167 e.